The summed E-state index contributed by atoms with van der Waals surface area (Å²) in [6.45, 7) is 5.09. The van der Waals surface area contributed by atoms with Crippen molar-refractivity contribution in [3.05, 3.63) is 29.3 Å². The first-order chi connectivity index (χ1) is 13.3. The molecule has 0 spiro atoms. The van der Waals surface area contributed by atoms with Crippen molar-refractivity contribution in [1.82, 2.24) is 10.6 Å². The number of guanidine groups is 1. The van der Waals surface area contributed by atoms with Gasteiger partial charge >= 0.3 is 6.18 Å². The summed E-state index contributed by atoms with van der Waals surface area (Å²) in [5.74, 6) is 0.848. The van der Waals surface area contributed by atoms with Crippen molar-refractivity contribution < 1.29 is 22.6 Å². The van der Waals surface area contributed by atoms with E-state index in [1.165, 1.54) is 0 Å². The summed E-state index contributed by atoms with van der Waals surface area (Å²) in [5.41, 5.74) is 1.75. The molecule has 9 heteroatoms. The van der Waals surface area contributed by atoms with E-state index in [0.29, 0.717) is 18.1 Å². The Kier molecular flexibility index (Phi) is 10.5. The van der Waals surface area contributed by atoms with Crippen molar-refractivity contribution in [2.24, 2.45) is 10.4 Å². The van der Waals surface area contributed by atoms with Crippen molar-refractivity contribution in [3.63, 3.8) is 0 Å². The van der Waals surface area contributed by atoms with E-state index in [9.17, 15) is 13.2 Å². The molecule has 1 aliphatic rings. The van der Waals surface area contributed by atoms with E-state index >= 15 is 0 Å². The van der Waals surface area contributed by atoms with Crippen LogP contribution in [0.5, 0.6) is 5.75 Å². The van der Waals surface area contributed by atoms with Crippen molar-refractivity contribution in [1.29, 1.82) is 0 Å². The Hall–Kier alpha value is -1.23. The first-order valence-electron chi connectivity index (χ1n) is 9.58. The highest BCUT2D eigenvalue weighted by Crippen LogP contribution is 2.48. The second-order valence-corrected chi connectivity index (χ2v) is 7.24. The van der Waals surface area contributed by atoms with Crippen molar-refractivity contribution in [2.45, 2.75) is 45.8 Å². The zero-order valence-corrected chi connectivity index (χ0v) is 19.5. The van der Waals surface area contributed by atoms with E-state index in [4.69, 9.17) is 9.47 Å². The van der Waals surface area contributed by atoms with E-state index in [1.54, 1.807) is 19.2 Å². The molecule has 0 heterocycles. The van der Waals surface area contributed by atoms with Gasteiger partial charge in [-0.3, -0.25) is 4.99 Å². The third-order valence-corrected chi connectivity index (χ3v) is 4.85. The monoisotopic (exact) mass is 529 g/mol. The van der Waals surface area contributed by atoms with Crippen LogP contribution in [0, 0.1) is 12.3 Å². The van der Waals surface area contributed by atoms with E-state index in [-0.39, 0.29) is 35.1 Å². The van der Waals surface area contributed by atoms with Gasteiger partial charge in [-0.05, 0) is 50.2 Å². The highest BCUT2D eigenvalue weighted by Gasteiger charge is 2.41. The first kappa shape index (κ1) is 25.8. The Bertz CT molecular complexity index is 665. The number of nitrogens with zero attached hydrogens (tertiary/aromatic N) is 1. The molecule has 5 nitrogen and oxygen atoms in total. The number of halogens is 4. The number of aliphatic imine (C=N–C) groups is 1. The number of alkyl halides is 3. The number of rotatable bonds is 10. The molecule has 0 radical (unpaired) electrons. The minimum atomic E-state index is -4.37. The highest BCUT2D eigenvalue weighted by molar-refractivity contribution is 14.0. The Morgan fingerprint density at radius 3 is 2.55 bits per heavy atom. The average Bonchev–Trinajstić information content (AvgIpc) is 3.41. The summed E-state index contributed by atoms with van der Waals surface area (Å²) < 4.78 is 47.9. The zero-order chi connectivity index (χ0) is 20.6. The molecule has 2 N–H and O–H groups in total. The van der Waals surface area contributed by atoms with Crippen molar-refractivity contribution in [2.75, 3.05) is 33.4 Å². The van der Waals surface area contributed by atoms with Gasteiger partial charge in [0.05, 0.1) is 0 Å². The Morgan fingerprint density at radius 2 is 1.97 bits per heavy atom. The average molecular weight is 529 g/mol. The molecule has 0 aliphatic heterocycles. The number of aryl methyl sites for hydroxylation is 1. The predicted molar refractivity (Wildman–Crippen MR) is 119 cm³/mol. The number of benzene rings is 1. The van der Waals surface area contributed by atoms with Gasteiger partial charge in [-0.1, -0.05) is 12.1 Å². The minimum Gasteiger partial charge on any atom is -0.484 e. The van der Waals surface area contributed by atoms with Gasteiger partial charge in [0.1, 0.15) is 5.75 Å². The maximum absolute atomic E-state index is 12.5. The van der Waals surface area contributed by atoms with Crippen LogP contribution in [0.15, 0.2) is 23.2 Å². The van der Waals surface area contributed by atoms with E-state index in [0.717, 1.165) is 44.6 Å². The van der Waals surface area contributed by atoms with Gasteiger partial charge < -0.3 is 20.1 Å². The predicted octanol–water partition coefficient (Wildman–Crippen LogP) is 4.43. The molecule has 0 atom stereocenters. The molecule has 166 valence electrons. The van der Waals surface area contributed by atoms with Crippen LogP contribution in [0.1, 0.15) is 37.3 Å². The van der Waals surface area contributed by atoms with Gasteiger partial charge in [0.2, 0.25) is 0 Å². The molecule has 0 saturated heterocycles. The third-order valence-electron chi connectivity index (χ3n) is 4.85. The lowest BCUT2D eigenvalue weighted by Crippen LogP contribution is -2.40. The second kappa shape index (κ2) is 11.8. The van der Waals surface area contributed by atoms with Crippen molar-refractivity contribution >= 4 is 29.9 Å². The first-order valence-corrected chi connectivity index (χ1v) is 9.58. The summed E-state index contributed by atoms with van der Waals surface area (Å²) in [7, 11) is 1.67. The fourth-order valence-corrected chi connectivity index (χ4v) is 2.90. The number of nitrogens with one attached hydrogen (secondary N) is 2. The van der Waals surface area contributed by atoms with Crippen LogP contribution in [-0.4, -0.2) is 45.5 Å². The fraction of sp³-hybridized carbons (Fsp3) is 0.650. The molecular weight excluding hydrogens is 498 g/mol. The van der Waals surface area contributed by atoms with E-state index < -0.39 is 12.8 Å². The van der Waals surface area contributed by atoms with Gasteiger partial charge in [0.15, 0.2) is 12.6 Å². The second-order valence-electron chi connectivity index (χ2n) is 7.24. The van der Waals surface area contributed by atoms with Gasteiger partial charge in [-0.2, -0.15) is 13.2 Å². The molecule has 2 rings (SSSR count). The largest absolute Gasteiger partial charge is 0.484 e. The molecule has 1 saturated carbocycles. The van der Waals surface area contributed by atoms with E-state index in [2.05, 4.69) is 15.6 Å². The van der Waals surface area contributed by atoms with Crippen LogP contribution in [0.2, 0.25) is 0 Å². The molecule has 29 heavy (non-hydrogen) atoms. The van der Waals surface area contributed by atoms with Gasteiger partial charge in [0.25, 0.3) is 0 Å². The lowest BCUT2D eigenvalue weighted by molar-refractivity contribution is -0.153. The van der Waals surface area contributed by atoms with Crippen LogP contribution >= 0.6 is 24.0 Å². The normalized spacial score (nSPS) is 15.4. The minimum absolute atomic E-state index is 0. The fourth-order valence-electron chi connectivity index (χ4n) is 2.90. The molecule has 0 unspecified atom stereocenters. The quantitative estimate of drug-likeness (QED) is 0.204. The molecule has 0 amide bonds. The summed E-state index contributed by atoms with van der Waals surface area (Å²) in [6, 6.07) is 5.23. The highest BCUT2D eigenvalue weighted by atomic mass is 127. The van der Waals surface area contributed by atoms with Crippen LogP contribution in [0.3, 0.4) is 0 Å². The SMILES string of the molecule is CCOCCC1(CNC(=NC)NCc2ccc(C)cc2OCC(F)(F)F)CC1.I. The molecule has 0 bridgehead atoms. The van der Waals surface area contributed by atoms with Gasteiger partial charge in [0, 0.05) is 38.9 Å². The maximum Gasteiger partial charge on any atom is 0.422 e. The Morgan fingerprint density at radius 1 is 1.24 bits per heavy atom. The molecule has 1 aromatic rings. The zero-order valence-electron chi connectivity index (χ0n) is 17.2. The lowest BCUT2D eigenvalue weighted by atomic mass is 10.0. The molecular formula is C20H31F3IN3O2. The van der Waals surface area contributed by atoms with Gasteiger partial charge in [-0.15, -0.1) is 24.0 Å². The number of hydrogen-bond donors (Lipinski definition) is 2. The molecule has 1 fully saturated rings. The van der Waals surface area contributed by atoms with Crippen molar-refractivity contribution in [3.8, 4) is 5.75 Å². The van der Waals surface area contributed by atoms with Crippen LogP contribution in [-0.2, 0) is 11.3 Å². The van der Waals surface area contributed by atoms with Crippen LogP contribution < -0.4 is 15.4 Å². The summed E-state index contributed by atoms with van der Waals surface area (Å²) in [5, 5.41) is 6.48. The smallest absolute Gasteiger partial charge is 0.422 e. The summed E-state index contributed by atoms with van der Waals surface area (Å²) >= 11 is 0. The third kappa shape index (κ3) is 9.41. The van der Waals surface area contributed by atoms with E-state index in [1.807, 2.05) is 19.9 Å². The Balaban J connectivity index is 0.00000420. The molecule has 1 aliphatic carbocycles. The summed E-state index contributed by atoms with van der Waals surface area (Å²) in [6.07, 6.45) is -1.03. The topological polar surface area (TPSA) is 54.9 Å². The van der Waals surface area contributed by atoms with Crippen LogP contribution in [0.4, 0.5) is 13.2 Å². The van der Waals surface area contributed by atoms with Gasteiger partial charge in [-0.25, -0.2) is 0 Å². The standard InChI is InChI=1S/C20H30F3N3O2.HI/c1-4-27-10-9-19(7-8-19)13-26-18(24-3)25-12-16-6-5-15(2)11-17(16)28-14-20(21,22)23;/h5-6,11H,4,7-10,12-14H2,1-3H3,(H2,24,25,26);1H. The summed E-state index contributed by atoms with van der Waals surface area (Å²) in [4.78, 5) is 4.21. The molecule has 0 aromatic heterocycles. The molecule has 1 aromatic carbocycles. The van der Waals surface area contributed by atoms with Crippen LogP contribution in [0.25, 0.3) is 0 Å². The Labute approximate surface area is 187 Å². The number of hydrogen-bond acceptors (Lipinski definition) is 3. The lowest BCUT2D eigenvalue weighted by Gasteiger charge is -2.19. The maximum atomic E-state index is 12.5. The number of ether oxygens (including phenoxy) is 2.